The number of hydrogen-bond acceptors (Lipinski definition) is 3. The second kappa shape index (κ2) is 7.63. The maximum Gasteiger partial charge on any atom is 0.0702 e. The summed E-state index contributed by atoms with van der Waals surface area (Å²) < 4.78 is 5.70. The molecule has 0 aliphatic carbocycles. The highest BCUT2D eigenvalue weighted by Crippen LogP contribution is 2.15. The molecule has 0 aromatic heterocycles. The fourth-order valence-corrected chi connectivity index (χ4v) is 2.64. The summed E-state index contributed by atoms with van der Waals surface area (Å²) in [6, 6.07) is 8.71. The van der Waals surface area contributed by atoms with E-state index in [0.717, 1.165) is 32.8 Å². The van der Waals surface area contributed by atoms with Crippen LogP contribution in [-0.2, 0) is 17.8 Å². The first-order valence-electron chi connectivity index (χ1n) is 7.37. The molecule has 1 unspecified atom stereocenters. The highest BCUT2D eigenvalue weighted by molar-refractivity contribution is 5.26. The molecular weight excluding hydrogens is 236 g/mol. The standard InChI is InChI=1S/C16H26N2O/c1-3-17-11-14-7-4-5-8-15(14)12-18(2)13-16-9-6-10-19-16/h4-5,7-8,16-17H,3,6,9-13H2,1-2H3. The molecule has 1 saturated heterocycles. The Morgan fingerprint density at radius 3 is 2.79 bits per heavy atom. The number of rotatable bonds is 7. The highest BCUT2D eigenvalue weighted by Gasteiger charge is 2.17. The van der Waals surface area contributed by atoms with Gasteiger partial charge in [-0.15, -0.1) is 0 Å². The van der Waals surface area contributed by atoms with Gasteiger partial charge in [0.05, 0.1) is 6.10 Å². The zero-order chi connectivity index (χ0) is 13.5. The van der Waals surface area contributed by atoms with E-state index in [1.807, 2.05) is 0 Å². The van der Waals surface area contributed by atoms with Gasteiger partial charge in [-0.05, 0) is 37.6 Å². The Balaban J connectivity index is 1.89. The molecular formula is C16H26N2O. The Morgan fingerprint density at radius 2 is 2.11 bits per heavy atom. The Labute approximate surface area is 116 Å². The number of nitrogens with one attached hydrogen (secondary N) is 1. The summed E-state index contributed by atoms with van der Waals surface area (Å²) in [5.74, 6) is 0. The van der Waals surface area contributed by atoms with Crippen LogP contribution in [0.5, 0.6) is 0 Å². The fourth-order valence-electron chi connectivity index (χ4n) is 2.64. The zero-order valence-corrected chi connectivity index (χ0v) is 12.2. The second-order valence-electron chi connectivity index (χ2n) is 5.38. The quantitative estimate of drug-likeness (QED) is 0.816. The van der Waals surface area contributed by atoms with Crippen LogP contribution in [0.1, 0.15) is 30.9 Å². The van der Waals surface area contributed by atoms with Crippen molar-refractivity contribution in [1.29, 1.82) is 0 Å². The molecule has 19 heavy (non-hydrogen) atoms. The Bertz CT molecular complexity index is 375. The van der Waals surface area contributed by atoms with E-state index in [1.54, 1.807) is 0 Å². The van der Waals surface area contributed by atoms with Crippen LogP contribution in [-0.4, -0.2) is 37.7 Å². The van der Waals surface area contributed by atoms with Crippen LogP contribution in [0.4, 0.5) is 0 Å². The van der Waals surface area contributed by atoms with Gasteiger partial charge in [-0.2, -0.15) is 0 Å². The molecule has 1 aromatic carbocycles. The lowest BCUT2D eigenvalue weighted by Gasteiger charge is -2.22. The molecule has 2 rings (SSSR count). The maximum atomic E-state index is 5.70. The third-order valence-electron chi connectivity index (χ3n) is 3.66. The minimum absolute atomic E-state index is 0.436. The lowest BCUT2D eigenvalue weighted by Crippen LogP contribution is -2.29. The zero-order valence-electron chi connectivity index (χ0n) is 12.2. The van der Waals surface area contributed by atoms with Gasteiger partial charge < -0.3 is 10.1 Å². The molecule has 1 heterocycles. The van der Waals surface area contributed by atoms with Gasteiger partial charge in [-0.3, -0.25) is 4.90 Å². The van der Waals surface area contributed by atoms with E-state index in [2.05, 4.69) is 48.5 Å². The van der Waals surface area contributed by atoms with Crippen molar-refractivity contribution in [3.8, 4) is 0 Å². The molecule has 1 aliphatic rings. The lowest BCUT2D eigenvalue weighted by atomic mass is 10.1. The summed E-state index contributed by atoms with van der Waals surface area (Å²) in [7, 11) is 2.19. The van der Waals surface area contributed by atoms with Gasteiger partial charge in [-0.1, -0.05) is 31.2 Å². The molecule has 1 aliphatic heterocycles. The van der Waals surface area contributed by atoms with Crippen LogP contribution in [0.25, 0.3) is 0 Å². The van der Waals surface area contributed by atoms with E-state index < -0.39 is 0 Å². The molecule has 3 heteroatoms. The number of likely N-dealkylation sites (N-methyl/N-ethyl adjacent to an activating group) is 1. The number of nitrogens with zero attached hydrogens (tertiary/aromatic N) is 1. The van der Waals surface area contributed by atoms with E-state index in [9.17, 15) is 0 Å². The third-order valence-corrected chi connectivity index (χ3v) is 3.66. The van der Waals surface area contributed by atoms with E-state index in [0.29, 0.717) is 6.10 Å². The molecule has 3 nitrogen and oxygen atoms in total. The molecule has 0 bridgehead atoms. The van der Waals surface area contributed by atoms with Crippen molar-refractivity contribution in [2.24, 2.45) is 0 Å². The van der Waals surface area contributed by atoms with Crippen molar-refractivity contribution in [2.75, 3.05) is 26.7 Å². The van der Waals surface area contributed by atoms with Crippen LogP contribution in [0.15, 0.2) is 24.3 Å². The van der Waals surface area contributed by atoms with Crippen molar-refractivity contribution in [3.63, 3.8) is 0 Å². The van der Waals surface area contributed by atoms with Crippen LogP contribution in [0.2, 0.25) is 0 Å². The Hall–Kier alpha value is -0.900. The Morgan fingerprint density at radius 1 is 1.32 bits per heavy atom. The third kappa shape index (κ3) is 4.60. The van der Waals surface area contributed by atoms with Gasteiger partial charge in [0.15, 0.2) is 0 Å². The van der Waals surface area contributed by atoms with Crippen molar-refractivity contribution < 1.29 is 4.74 Å². The molecule has 1 fully saturated rings. The van der Waals surface area contributed by atoms with Crippen molar-refractivity contribution in [1.82, 2.24) is 10.2 Å². The molecule has 106 valence electrons. The molecule has 1 atom stereocenters. The topological polar surface area (TPSA) is 24.5 Å². The molecule has 0 amide bonds. The van der Waals surface area contributed by atoms with Crippen LogP contribution in [0, 0.1) is 0 Å². The number of benzene rings is 1. The summed E-state index contributed by atoms with van der Waals surface area (Å²) in [6.45, 7) is 7.10. The normalized spacial score (nSPS) is 19.2. The van der Waals surface area contributed by atoms with E-state index >= 15 is 0 Å². The van der Waals surface area contributed by atoms with Gasteiger partial charge in [0.2, 0.25) is 0 Å². The van der Waals surface area contributed by atoms with Crippen LogP contribution < -0.4 is 5.32 Å². The largest absolute Gasteiger partial charge is 0.377 e. The summed E-state index contributed by atoms with van der Waals surface area (Å²) in [6.07, 6.45) is 2.87. The van der Waals surface area contributed by atoms with Gasteiger partial charge in [-0.25, -0.2) is 0 Å². The average Bonchev–Trinajstić information content (AvgIpc) is 2.90. The van der Waals surface area contributed by atoms with Crippen molar-refractivity contribution in [3.05, 3.63) is 35.4 Å². The van der Waals surface area contributed by atoms with E-state index in [-0.39, 0.29) is 0 Å². The highest BCUT2D eigenvalue weighted by atomic mass is 16.5. The summed E-state index contributed by atoms with van der Waals surface area (Å²) in [4.78, 5) is 2.38. The first-order chi connectivity index (χ1) is 9.29. The number of hydrogen-bond donors (Lipinski definition) is 1. The molecule has 0 spiro atoms. The molecule has 0 radical (unpaired) electrons. The molecule has 1 N–H and O–H groups in total. The minimum atomic E-state index is 0.436. The van der Waals surface area contributed by atoms with Gasteiger partial charge in [0, 0.05) is 26.2 Å². The summed E-state index contributed by atoms with van der Waals surface area (Å²) in [5.41, 5.74) is 2.83. The SMILES string of the molecule is CCNCc1ccccc1CN(C)CC1CCCO1. The average molecular weight is 262 g/mol. The predicted octanol–water partition coefficient (Wildman–Crippen LogP) is 2.41. The first kappa shape index (κ1) is 14.5. The fraction of sp³-hybridized carbons (Fsp3) is 0.625. The summed E-state index contributed by atoms with van der Waals surface area (Å²) in [5, 5.41) is 3.41. The smallest absolute Gasteiger partial charge is 0.0702 e. The van der Waals surface area contributed by atoms with Gasteiger partial charge in [0.25, 0.3) is 0 Å². The Kier molecular flexibility index (Phi) is 5.83. The van der Waals surface area contributed by atoms with Gasteiger partial charge >= 0.3 is 0 Å². The van der Waals surface area contributed by atoms with Crippen LogP contribution >= 0.6 is 0 Å². The van der Waals surface area contributed by atoms with Crippen molar-refractivity contribution >= 4 is 0 Å². The number of ether oxygens (including phenoxy) is 1. The van der Waals surface area contributed by atoms with E-state index in [1.165, 1.54) is 24.0 Å². The maximum absolute atomic E-state index is 5.70. The minimum Gasteiger partial charge on any atom is -0.377 e. The predicted molar refractivity (Wildman–Crippen MR) is 79.1 cm³/mol. The molecule has 1 aromatic rings. The van der Waals surface area contributed by atoms with Gasteiger partial charge in [0.1, 0.15) is 0 Å². The van der Waals surface area contributed by atoms with E-state index in [4.69, 9.17) is 4.74 Å². The molecule has 0 saturated carbocycles. The lowest BCUT2D eigenvalue weighted by molar-refractivity contribution is 0.0792. The monoisotopic (exact) mass is 262 g/mol. The van der Waals surface area contributed by atoms with Crippen LogP contribution in [0.3, 0.4) is 0 Å². The second-order valence-corrected chi connectivity index (χ2v) is 5.38. The first-order valence-corrected chi connectivity index (χ1v) is 7.37. The summed E-state index contributed by atoms with van der Waals surface area (Å²) >= 11 is 0. The van der Waals surface area contributed by atoms with Crippen molar-refractivity contribution in [2.45, 2.75) is 39.0 Å².